The Hall–Kier alpha value is -1.93. The van der Waals surface area contributed by atoms with Gasteiger partial charge in [-0.25, -0.2) is 0 Å². The van der Waals surface area contributed by atoms with Gasteiger partial charge in [0.25, 0.3) is 5.69 Å². The van der Waals surface area contributed by atoms with Gasteiger partial charge < -0.3 is 10.1 Å². The first-order valence-corrected chi connectivity index (χ1v) is 6.24. The SMILES string of the molecule is O=[N+]([O-])c1cccc(C(F)(F)F)c1C=CC1CNCCO1. The van der Waals surface area contributed by atoms with E-state index in [0.717, 1.165) is 24.3 Å². The number of nitrogens with zero attached hydrogens (tertiary/aromatic N) is 1. The molecule has 0 amide bonds. The zero-order valence-corrected chi connectivity index (χ0v) is 10.9. The first kappa shape index (κ1) is 15.5. The van der Waals surface area contributed by atoms with Crippen molar-refractivity contribution in [1.29, 1.82) is 0 Å². The molecule has 8 heteroatoms. The topological polar surface area (TPSA) is 64.4 Å². The van der Waals surface area contributed by atoms with Gasteiger partial charge in [0.05, 0.1) is 28.8 Å². The van der Waals surface area contributed by atoms with Gasteiger partial charge in [-0.2, -0.15) is 13.2 Å². The summed E-state index contributed by atoms with van der Waals surface area (Å²) in [5, 5.41) is 13.9. The van der Waals surface area contributed by atoms with Crippen molar-refractivity contribution >= 4 is 11.8 Å². The van der Waals surface area contributed by atoms with E-state index >= 15 is 0 Å². The third kappa shape index (κ3) is 3.79. The normalized spacial score (nSPS) is 19.9. The van der Waals surface area contributed by atoms with Gasteiger partial charge in [0, 0.05) is 19.2 Å². The molecular weight excluding hydrogens is 289 g/mol. The van der Waals surface area contributed by atoms with Crippen LogP contribution in [0.25, 0.3) is 6.08 Å². The van der Waals surface area contributed by atoms with Crippen molar-refractivity contribution in [2.75, 3.05) is 19.7 Å². The molecule has 114 valence electrons. The van der Waals surface area contributed by atoms with Crippen LogP contribution in [0.1, 0.15) is 11.1 Å². The van der Waals surface area contributed by atoms with Crippen LogP contribution in [-0.4, -0.2) is 30.7 Å². The zero-order chi connectivity index (χ0) is 15.5. The number of halogens is 3. The summed E-state index contributed by atoms with van der Waals surface area (Å²) in [6, 6.07) is 2.90. The van der Waals surface area contributed by atoms with Crippen LogP contribution in [-0.2, 0) is 10.9 Å². The highest BCUT2D eigenvalue weighted by atomic mass is 19.4. The van der Waals surface area contributed by atoms with E-state index < -0.39 is 34.0 Å². The molecule has 5 nitrogen and oxygen atoms in total. The van der Waals surface area contributed by atoms with Crippen LogP contribution in [0.5, 0.6) is 0 Å². The largest absolute Gasteiger partial charge is 0.417 e. The van der Waals surface area contributed by atoms with Crippen molar-refractivity contribution in [1.82, 2.24) is 5.32 Å². The molecule has 0 aromatic heterocycles. The molecule has 2 rings (SSSR count). The number of alkyl halides is 3. The lowest BCUT2D eigenvalue weighted by Gasteiger charge is -2.20. The second-order valence-corrected chi connectivity index (χ2v) is 4.47. The predicted molar refractivity (Wildman–Crippen MR) is 69.7 cm³/mol. The molecule has 1 unspecified atom stereocenters. The minimum atomic E-state index is -4.66. The molecule has 1 heterocycles. The highest BCUT2D eigenvalue weighted by Crippen LogP contribution is 2.36. The lowest BCUT2D eigenvalue weighted by Crippen LogP contribution is -2.37. The molecule has 0 bridgehead atoms. The van der Waals surface area contributed by atoms with Crippen LogP contribution in [0.2, 0.25) is 0 Å². The summed E-state index contributed by atoms with van der Waals surface area (Å²) in [5.41, 5.74) is -2.06. The maximum Gasteiger partial charge on any atom is 0.417 e. The molecule has 1 aliphatic rings. The molecule has 1 N–H and O–H groups in total. The summed E-state index contributed by atoms with van der Waals surface area (Å²) in [5.74, 6) is 0. The highest BCUT2D eigenvalue weighted by Gasteiger charge is 2.35. The zero-order valence-electron chi connectivity index (χ0n) is 10.9. The Morgan fingerprint density at radius 1 is 1.43 bits per heavy atom. The van der Waals surface area contributed by atoms with E-state index in [1.165, 1.54) is 6.08 Å². The van der Waals surface area contributed by atoms with Gasteiger partial charge in [0.2, 0.25) is 0 Å². The molecule has 1 atom stereocenters. The molecular formula is C13H13F3N2O3. The number of ether oxygens (including phenoxy) is 1. The summed E-state index contributed by atoms with van der Waals surface area (Å²) in [4.78, 5) is 10.1. The summed E-state index contributed by atoms with van der Waals surface area (Å²) in [6.45, 7) is 1.57. The number of nitrogens with one attached hydrogen (secondary N) is 1. The number of rotatable bonds is 3. The van der Waals surface area contributed by atoms with Crippen LogP contribution < -0.4 is 5.32 Å². The van der Waals surface area contributed by atoms with E-state index in [1.807, 2.05) is 0 Å². The van der Waals surface area contributed by atoms with Crippen molar-refractivity contribution in [3.05, 3.63) is 45.5 Å². The number of hydrogen-bond donors (Lipinski definition) is 1. The third-order valence-electron chi connectivity index (χ3n) is 3.02. The Labute approximate surface area is 118 Å². The van der Waals surface area contributed by atoms with Gasteiger partial charge in [-0.05, 0) is 12.1 Å². The van der Waals surface area contributed by atoms with Crippen molar-refractivity contribution < 1.29 is 22.8 Å². The number of benzene rings is 1. The lowest BCUT2D eigenvalue weighted by molar-refractivity contribution is -0.385. The van der Waals surface area contributed by atoms with Gasteiger partial charge in [-0.15, -0.1) is 0 Å². The van der Waals surface area contributed by atoms with Gasteiger partial charge in [0.1, 0.15) is 0 Å². The lowest BCUT2D eigenvalue weighted by atomic mass is 10.0. The van der Waals surface area contributed by atoms with Crippen LogP contribution in [0, 0.1) is 10.1 Å². The van der Waals surface area contributed by atoms with Crippen LogP contribution >= 0.6 is 0 Å². The maximum atomic E-state index is 13.0. The minimum absolute atomic E-state index is 0.403. The van der Waals surface area contributed by atoms with Gasteiger partial charge in [0.15, 0.2) is 0 Å². The average Bonchev–Trinajstić information content (AvgIpc) is 2.44. The molecule has 21 heavy (non-hydrogen) atoms. The van der Waals surface area contributed by atoms with Gasteiger partial charge >= 0.3 is 6.18 Å². The Morgan fingerprint density at radius 3 is 2.76 bits per heavy atom. The van der Waals surface area contributed by atoms with E-state index in [2.05, 4.69) is 5.32 Å². The molecule has 1 fully saturated rings. The summed E-state index contributed by atoms with van der Waals surface area (Å²) in [6.07, 6.45) is -2.54. The Morgan fingerprint density at radius 2 is 2.19 bits per heavy atom. The van der Waals surface area contributed by atoms with Crippen molar-refractivity contribution in [2.45, 2.75) is 12.3 Å². The van der Waals surface area contributed by atoms with E-state index in [-0.39, 0.29) is 0 Å². The molecule has 1 aliphatic heterocycles. The molecule has 0 aliphatic carbocycles. The summed E-state index contributed by atoms with van der Waals surface area (Å²) >= 11 is 0. The van der Waals surface area contributed by atoms with Crippen LogP contribution in [0.15, 0.2) is 24.3 Å². The standard InChI is InChI=1S/C13H13F3N2O3/c14-13(15,16)11-2-1-3-12(18(19)20)10(11)5-4-9-8-17-6-7-21-9/h1-5,9,17H,6-8H2. The van der Waals surface area contributed by atoms with Crippen molar-refractivity contribution in [3.8, 4) is 0 Å². The Bertz CT molecular complexity index is 552. The van der Waals surface area contributed by atoms with E-state index in [9.17, 15) is 23.3 Å². The molecule has 1 aromatic rings. The number of morpholine rings is 1. The fourth-order valence-corrected chi connectivity index (χ4v) is 2.05. The van der Waals surface area contributed by atoms with E-state index in [4.69, 9.17) is 4.74 Å². The molecule has 1 saturated heterocycles. The van der Waals surface area contributed by atoms with Crippen molar-refractivity contribution in [2.24, 2.45) is 0 Å². The van der Waals surface area contributed by atoms with Crippen LogP contribution in [0.3, 0.4) is 0 Å². The summed E-state index contributed by atoms with van der Waals surface area (Å²) in [7, 11) is 0. The molecule has 0 spiro atoms. The fourth-order valence-electron chi connectivity index (χ4n) is 2.05. The second-order valence-electron chi connectivity index (χ2n) is 4.47. The molecule has 0 saturated carbocycles. The number of nitro groups is 1. The number of nitro benzene ring substituents is 1. The first-order chi connectivity index (χ1) is 9.89. The fraction of sp³-hybridized carbons (Fsp3) is 0.385. The van der Waals surface area contributed by atoms with Gasteiger partial charge in [-0.3, -0.25) is 10.1 Å². The Balaban J connectivity index is 2.39. The average molecular weight is 302 g/mol. The van der Waals surface area contributed by atoms with Crippen molar-refractivity contribution in [3.63, 3.8) is 0 Å². The van der Waals surface area contributed by atoms with E-state index in [0.29, 0.717) is 19.7 Å². The monoisotopic (exact) mass is 302 g/mol. The third-order valence-corrected chi connectivity index (χ3v) is 3.02. The Kier molecular flexibility index (Phi) is 4.59. The second kappa shape index (κ2) is 6.23. The highest BCUT2D eigenvalue weighted by molar-refractivity contribution is 5.65. The minimum Gasteiger partial charge on any atom is -0.371 e. The molecule has 0 radical (unpaired) electrons. The number of hydrogen-bond acceptors (Lipinski definition) is 4. The predicted octanol–water partition coefficient (Wildman–Crippen LogP) is 2.62. The smallest absolute Gasteiger partial charge is 0.371 e. The van der Waals surface area contributed by atoms with E-state index in [1.54, 1.807) is 0 Å². The first-order valence-electron chi connectivity index (χ1n) is 6.24. The summed E-state index contributed by atoms with van der Waals surface area (Å²) < 4.78 is 44.2. The van der Waals surface area contributed by atoms with Gasteiger partial charge in [-0.1, -0.05) is 12.1 Å². The quantitative estimate of drug-likeness (QED) is 0.688. The molecule has 1 aromatic carbocycles. The van der Waals surface area contributed by atoms with Crippen LogP contribution in [0.4, 0.5) is 18.9 Å². The maximum absolute atomic E-state index is 13.0.